The Kier molecular flexibility index (Phi) is 6.32. The fourth-order valence-electron chi connectivity index (χ4n) is 0.872. The molecule has 0 rings (SSSR count). The molecule has 0 aliphatic rings. The van der Waals surface area contributed by atoms with Crippen molar-refractivity contribution in [2.45, 2.75) is 6.29 Å². The molecule has 6 nitrogen and oxygen atoms in total. The van der Waals surface area contributed by atoms with Gasteiger partial charge in [-0.05, 0) is 0 Å². The molecule has 0 aliphatic heterocycles. The molecule has 0 aromatic carbocycles. The third kappa shape index (κ3) is 3.69. The van der Waals surface area contributed by atoms with Crippen molar-refractivity contribution in [3.05, 3.63) is 11.8 Å². The van der Waals surface area contributed by atoms with Crippen LogP contribution in [0.1, 0.15) is 0 Å². The van der Waals surface area contributed by atoms with Gasteiger partial charge in [0.2, 0.25) is 12.1 Å². The molecule has 0 radical (unpaired) electrons. The van der Waals surface area contributed by atoms with Gasteiger partial charge in [-0.25, -0.2) is 4.79 Å². The highest BCUT2D eigenvalue weighted by Gasteiger charge is 2.27. The lowest BCUT2D eigenvalue weighted by Crippen LogP contribution is -2.30. The molecule has 0 aromatic heterocycles. The normalized spacial score (nSPS) is 11.4. The Bertz CT molecular complexity index is 253. The first-order chi connectivity index (χ1) is 7.12. The van der Waals surface area contributed by atoms with E-state index in [4.69, 9.17) is 9.47 Å². The summed E-state index contributed by atoms with van der Waals surface area (Å²) in [5.74, 6) is -1.46. The van der Waals surface area contributed by atoms with Gasteiger partial charge in [-0.15, -0.1) is 0 Å². The Morgan fingerprint density at radius 1 is 1.07 bits per heavy atom. The summed E-state index contributed by atoms with van der Waals surface area (Å²) in [6.07, 6.45) is -0.162. The highest BCUT2D eigenvalue weighted by Crippen LogP contribution is 2.06. The molecule has 0 bridgehead atoms. The summed E-state index contributed by atoms with van der Waals surface area (Å²) in [5.41, 5.74) is -0.270. The van der Waals surface area contributed by atoms with E-state index in [1.807, 2.05) is 0 Å². The van der Waals surface area contributed by atoms with Crippen molar-refractivity contribution in [2.24, 2.45) is 0 Å². The summed E-state index contributed by atoms with van der Waals surface area (Å²) >= 11 is 0. The molecule has 6 heteroatoms. The average molecular weight is 218 g/mol. The second-order valence-corrected chi connectivity index (χ2v) is 2.43. The second-order valence-electron chi connectivity index (χ2n) is 2.43. The first-order valence-corrected chi connectivity index (χ1v) is 4.03. The number of hydrogen-bond acceptors (Lipinski definition) is 6. The molecule has 0 heterocycles. The number of esters is 1. The summed E-state index contributed by atoms with van der Waals surface area (Å²) in [6, 6.07) is 0. The number of carbonyl (C=O) groups excluding carboxylic acids is 2. The smallest absolute Gasteiger partial charge is 0.344 e. The van der Waals surface area contributed by atoms with E-state index in [0.717, 1.165) is 13.4 Å². The minimum Gasteiger partial charge on any atom is -0.503 e. The van der Waals surface area contributed by atoms with Crippen molar-refractivity contribution in [2.75, 3.05) is 28.4 Å². The lowest BCUT2D eigenvalue weighted by Gasteiger charge is -2.12. The summed E-state index contributed by atoms with van der Waals surface area (Å²) in [4.78, 5) is 22.8. The maximum atomic E-state index is 11.6. The molecule has 0 aliphatic carbocycles. The van der Waals surface area contributed by atoms with Crippen LogP contribution < -0.4 is 0 Å². The second kappa shape index (κ2) is 6.97. The maximum Gasteiger partial charge on any atom is 0.344 e. The minimum atomic E-state index is -1.15. The van der Waals surface area contributed by atoms with Crippen molar-refractivity contribution < 1.29 is 28.5 Å². The summed E-state index contributed by atoms with van der Waals surface area (Å²) in [6.45, 7) is 0. The van der Waals surface area contributed by atoms with E-state index in [0.29, 0.717) is 0 Å². The Labute approximate surface area is 87.7 Å². The first kappa shape index (κ1) is 13.6. The van der Waals surface area contributed by atoms with Gasteiger partial charge in [0, 0.05) is 14.2 Å². The number of carbonyl (C=O) groups is 2. The molecule has 0 atom stereocenters. The third-order valence-electron chi connectivity index (χ3n) is 1.55. The number of ether oxygens (including phenoxy) is 4. The number of rotatable bonds is 6. The van der Waals surface area contributed by atoms with E-state index in [1.165, 1.54) is 21.3 Å². The molecular weight excluding hydrogens is 204 g/mol. The van der Waals surface area contributed by atoms with Crippen LogP contribution in [0.2, 0.25) is 0 Å². The zero-order valence-electron chi connectivity index (χ0n) is 9.10. The third-order valence-corrected chi connectivity index (χ3v) is 1.55. The predicted molar refractivity (Wildman–Crippen MR) is 49.9 cm³/mol. The molecule has 15 heavy (non-hydrogen) atoms. The Hall–Kier alpha value is -1.40. The van der Waals surface area contributed by atoms with Gasteiger partial charge in [0.05, 0.1) is 14.2 Å². The number of methoxy groups -OCH3 is 4. The van der Waals surface area contributed by atoms with E-state index in [2.05, 4.69) is 9.47 Å². The highest BCUT2D eigenvalue weighted by molar-refractivity contribution is 6.18. The lowest BCUT2D eigenvalue weighted by molar-refractivity contribution is -0.155. The van der Waals surface area contributed by atoms with Crippen LogP contribution in [0.5, 0.6) is 0 Å². The number of Topliss-reactive ketones (excluding diaryl/α,β-unsaturated/α-hetero) is 1. The molecule has 86 valence electrons. The molecule has 0 spiro atoms. The van der Waals surface area contributed by atoms with Crippen LogP contribution in [0, 0.1) is 0 Å². The van der Waals surface area contributed by atoms with Crippen LogP contribution >= 0.6 is 0 Å². The van der Waals surface area contributed by atoms with Crippen LogP contribution in [0.4, 0.5) is 0 Å². The van der Waals surface area contributed by atoms with E-state index in [9.17, 15) is 9.59 Å². The van der Waals surface area contributed by atoms with E-state index in [1.54, 1.807) is 0 Å². The maximum absolute atomic E-state index is 11.6. The van der Waals surface area contributed by atoms with Crippen molar-refractivity contribution in [1.82, 2.24) is 0 Å². The van der Waals surface area contributed by atoms with E-state index < -0.39 is 18.0 Å². The number of ketones is 1. The standard InChI is InChI=1S/C9H14O6/c1-12-5-6(8(11)13-2)7(10)9(14-3)15-4/h5,9H,1-4H3/b6-5+. The Balaban J connectivity index is 4.85. The van der Waals surface area contributed by atoms with Gasteiger partial charge in [-0.2, -0.15) is 0 Å². The quantitative estimate of drug-likeness (QED) is 0.154. The van der Waals surface area contributed by atoms with Gasteiger partial charge in [0.15, 0.2) is 0 Å². The zero-order chi connectivity index (χ0) is 11.8. The van der Waals surface area contributed by atoms with Gasteiger partial charge in [0.1, 0.15) is 11.8 Å². The van der Waals surface area contributed by atoms with Crippen molar-refractivity contribution >= 4 is 11.8 Å². The zero-order valence-corrected chi connectivity index (χ0v) is 9.10. The molecular formula is C9H14O6. The summed E-state index contributed by atoms with van der Waals surface area (Å²) < 4.78 is 18.4. The van der Waals surface area contributed by atoms with Crippen LogP contribution in [-0.2, 0) is 28.5 Å². The summed E-state index contributed by atoms with van der Waals surface area (Å²) in [7, 11) is 5.04. The fourth-order valence-corrected chi connectivity index (χ4v) is 0.872. The molecule has 0 fully saturated rings. The molecule has 0 saturated heterocycles. The molecule has 0 saturated carbocycles. The van der Waals surface area contributed by atoms with Crippen LogP contribution in [-0.4, -0.2) is 46.5 Å². The molecule has 0 aromatic rings. The van der Waals surface area contributed by atoms with Gasteiger partial charge >= 0.3 is 5.97 Å². The lowest BCUT2D eigenvalue weighted by atomic mass is 10.2. The predicted octanol–water partition coefficient (Wildman–Crippen LogP) is -0.122. The SMILES string of the molecule is CO/C=C(/C(=O)OC)C(=O)C(OC)OC. The number of hydrogen-bond donors (Lipinski definition) is 0. The molecule has 0 amide bonds. The minimum absolute atomic E-state index is 0.270. The molecule has 0 N–H and O–H groups in total. The first-order valence-electron chi connectivity index (χ1n) is 4.03. The highest BCUT2D eigenvalue weighted by atomic mass is 16.7. The average Bonchev–Trinajstić information content (AvgIpc) is 2.26. The van der Waals surface area contributed by atoms with Crippen LogP contribution in [0.25, 0.3) is 0 Å². The van der Waals surface area contributed by atoms with Gasteiger partial charge in [-0.1, -0.05) is 0 Å². The summed E-state index contributed by atoms with van der Waals surface area (Å²) in [5, 5.41) is 0. The topological polar surface area (TPSA) is 71.1 Å². The van der Waals surface area contributed by atoms with Crippen molar-refractivity contribution in [3.8, 4) is 0 Å². The fraction of sp³-hybridized carbons (Fsp3) is 0.556. The van der Waals surface area contributed by atoms with Crippen molar-refractivity contribution in [3.63, 3.8) is 0 Å². The van der Waals surface area contributed by atoms with E-state index >= 15 is 0 Å². The van der Waals surface area contributed by atoms with Crippen molar-refractivity contribution in [1.29, 1.82) is 0 Å². The Morgan fingerprint density at radius 2 is 1.60 bits per heavy atom. The van der Waals surface area contributed by atoms with Gasteiger partial charge in [-0.3, -0.25) is 4.79 Å². The largest absolute Gasteiger partial charge is 0.503 e. The van der Waals surface area contributed by atoms with Gasteiger partial charge in [0.25, 0.3) is 0 Å². The molecule has 0 unspecified atom stereocenters. The van der Waals surface area contributed by atoms with E-state index in [-0.39, 0.29) is 5.57 Å². The monoisotopic (exact) mass is 218 g/mol. The van der Waals surface area contributed by atoms with Crippen LogP contribution in [0.15, 0.2) is 11.8 Å². The van der Waals surface area contributed by atoms with Gasteiger partial charge < -0.3 is 18.9 Å². The van der Waals surface area contributed by atoms with Crippen LogP contribution in [0.3, 0.4) is 0 Å². The Morgan fingerprint density at radius 3 is 1.93 bits per heavy atom.